The van der Waals surface area contributed by atoms with Gasteiger partial charge in [-0.1, -0.05) is 0 Å². The van der Waals surface area contributed by atoms with Gasteiger partial charge in [-0.25, -0.2) is 4.98 Å². The second-order valence-electron chi connectivity index (χ2n) is 4.18. The fourth-order valence-electron chi connectivity index (χ4n) is 1.67. The summed E-state index contributed by atoms with van der Waals surface area (Å²) in [4.78, 5) is 16.3. The Kier molecular flexibility index (Phi) is 4.74. The molecular formula is C11H17N7OS. The summed E-state index contributed by atoms with van der Waals surface area (Å²) in [5, 5.41) is 12.5. The van der Waals surface area contributed by atoms with E-state index in [0.717, 1.165) is 0 Å². The van der Waals surface area contributed by atoms with Gasteiger partial charge < -0.3 is 16.2 Å². The molecule has 0 amide bonds. The Balaban J connectivity index is 2.20. The number of aliphatic hydroxyl groups is 1. The molecule has 0 fully saturated rings. The van der Waals surface area contributed by atoms with Gasteiger partial charge in [-0.3, -0.25) is 4.57 Å². The first-order chi connectivity index (χ1) is 9.63. The molecule has 9 heteroatoms. The molecule has 0 saturated heterocycles. The number of hydrogen-bond donors (Lipinski definition) is 3. The lowest BCUT2D eigenvalue weighted by Crippen LogP contribution is -2.32. The van der Waals surface area contributed by atoms with Gasteiger partial charge in [0.1, 0.15) is 6.33 Å². The maximum absolute atomic E-state index is 9.28. The van der Waals surface area contributed by atoms with E-state index in [1.54, 1.807) is 35.0 Å². The van der Waals surface area contributed by atoms with Crippen molar-refractivity contribution in [2.24, 2.45) is 0 Å². The average Bonchev–Trinajstić information content (AvgIpc) is 2.93. The first-order valence-electron chi connectivity index (χ1n) is 6.04. The number of aromatic nitrogens is 5. The lowest BCUT2D eigenvalue weighted by molar-refractivity contribution is 0.288. The third-order valence-electron chi connectivity index (χ3n) is 2.77. The van der Waals surface area contributed by atoms with Gasteiger partial charge in [-0.2, -0.15) is 26.7 Å². The zero-order valence-electron chi connectivity index (χ0n) is 11.3. The van der Waals surface area contributed by atoms with Crippen LogP contribution < -0.4 is 11.1 Å². The van der Waals surface area contributed by atoms with Crippen LogP contribution in [0.3, 0.4) is 0 Å². The summed E-state index contributed by atoms with van der Waals surface area (Å²) in [6, 6.07) is -0.00700. The summed E-state index contributed by atoms with van der Waals surface area (Å²) in [5.41, 5.74) is 5.69. The number of anilines is 2. The van der Waals surface area contributed by atoms with Crippen molar-refractivity contribution in [3.8, 4) is 5.95 Å². The minimum absolute atomic E-state index is 0.00700. The second kappa shape index (κ2) is 6.53. The van der Waals surface area contributed by atoms with Crippen molar-refractivity contribution in [3.05, 3.63) is 18.7 Å². The lowest BCUT2D eigenvalue weighted by Gasteiger charge is -2.21. The highest BCUT2D eigenvalue weighted by atomic mass is 32.2. The molecule has 0 aliphatic heterocycles. The highest BCUT2D eigenvalue weighted by molar-refractivity contribution is 7.99. The van der Waals surface area contributed by atoms with Crippen LogP contribution in [0.15, 0.2) is 18.7 Å². The van der Waals surface area contributed by atoms with Gasteiger partial charge in [0.05, 0.1) is 6.61 Å². The van der Waals surface area contributed by atoms with Crippen LogP contribution in [-0.4, -0.2) is 53.8 Å². The second-order valence-corrected chi connectivity index (χ2v) is 5.25. The van der Waals surface area contributed by atoms with Crippen molar-refractivity contribution < 1.29 is 5.11 Å². The van der Waals surface area contributed by atoms with Crippen LogP contribution in [0.1, 0.15) is 6.92 Å². The summed E-state index contributed by atoms with van der Waals surface area (Å²) in [7, 11) is 0. The van der Waals surface area contributed by atoms with E-state index in [9.17, 15) is 5.11 Å². The smallest absolute Gasteiger partial charge is 0.241 e. The zero-order valence-corrected chi connectivity index (χ0v) is 12.1. The molecule has 0 bridgehead atoms. The normalized spacial score (nSPS) is 13.9. The minimum atomic E-state index is -0.00700. The molecule has 2 aromatic rings. The van der Waals surface area contributed by atoms with Crippen LogP contribution >= 0.6 is 11.8 Å². The largest absolute Gasteiger partial charge is 0.395 e. The molecule has 2 atom stereocenters. The molecule has 2 heterocycles. The van der Waals surface area contributed by atoms with E-state index in [1.165, 1.54) is 0 Å². The Morgan fingerprint density at radius 2 is 2.25 bits per heavy atom. The summed E-state index contributed by atoms with van der Waals surface area (Å²) >= 11 is 1.57. The van der Waals surface area contributed by atoms with Crippen molar-refractivity contribution in [2.45, 2.75) is 18.2 Å². The molecule has 0 spiro atoms. The molecule has 20 heavy (non-hydrogen) atoms. The lowest BCUT2D eigenvalue weighted by atomic mass is 10.2. The van der Waals surface area contributed by atoms with Crippen LogP contribution in [0.2, 0.25) is 0 Å². The van der Waals surface area contributed by atoms with Gasteiger partial charge in [0.15, 0.2) is 0 Å². The molecule has 8 nitrogen and oxygen atoms in total. The quantitative estimate of drug-likeness (QED) is 0.690. The number of hydrogen-bond acceptors (Lipinski definition) is 8. The molecule has 2 aromatic heterocycles. The number of imidazole rings is 1. The molecule has 2 unspecified atom stereocenters. The van der Waals surface area contributed by atoms with Crippen molar-refractivity contribution >= 4 is 23.7 Å². The van der Waals surface area contributed by atoms with E-state index in [2.05, 4.69) is 25.3 Å². The van der Waals surface area contributed by atoms with Gasteiger partial charge in [0, 0.05) is 23.7 Å². The van der Waals surface area contributed by atoms with Crippen LogP contribution in [0.25, 0.3) is 5.95 Å². The van der Waals surface area contributed by atoms with Gasteiger partial charge >= 0.3 is 0 Å². The van der Waals surface area contributed by atoms with Crippen LogP contribution in [-0.2, 0) is 0 Å². The number of rotatable bonds is 6. The topological polar surface area (TPSA) is 115 Å². The minimum Gasteiger partial charge on any atom is -0.395 e. The number of thioether (sulfide) groups is 1. The third-order valence-corrected chi connectivity index (χ3v) is 3.94. The molecule has 4 N–H and O–H groups in total. The fraction of sp³-hybridized carbons (Fsp3) is 0.455. The molecule has 0 aromatic carbocycles. The molecule has 0 aliphatic carbocycles. The number of aliphatic hydroxyl groups excluding tert-OH is 1. The molecule has 108 valence electrons. The van der Waals surface area contributed by atoms with Gasteiger partial charge in [0.2, 0.25) is 17.8 Å². The Hall–Kier alpha value is -1.87. The highest BCUT2D eigenvalue weighted by Crippen LogP contribution is 2.15. The van der Waals surface area contributed by atoms with E-state index < -0.39 is 0 Å². The van der Waals surface area contributed by atoms with Crippen LogP contribution in [0, 0.1) is 0 Å². The van der Waals surface area contributed by atoms with Crippen molar-refractivity contribution in [1.29, 1.82) is 0 Å². The number of nitrogens with two attached hydrogens (primary N) is 1. The van der Waals surface area contributed by atoms with Crippen LogP contribution in [0.4, 0.5) is 11.9 Å². The third kappa shape index (κ3) is 3.36. The monoisotopic (exact) mass is 295 g/mol. The standard InChI is InChI=1S/C11H17N7OS/c1-7(8(5-19)20-2)14-10-15-9(12)16-11(17-10)18-4-3-13-6-18/h3-4,6-8,19H,5H2,1-2H3,(H3,12,14,15,16,17). The number of nitrogens with one attached hydrogen (secondary N) is 1. The summed E-state index contributed by atoms with van der Waals surface area (Å²) in [6.45, 7) is 2.03. The summed E-state index contributed by atoms with van der Waals surface area (Å²) < 4.78 is 1.64. The van der Waals surface area contributed by atoms with Crippen molar-refractivity contribution in [3.63, 3.8) is 0 Å². The highest BCUT2D eigenvalue weighted by Gasteiger charge is 2.17. The Morgan fingerprint density at radius 3 is 2.85 bits per heavy atom. The number of nitrogen functional groups attached to an aromatic ring is 1. The maximum atomic E-state index is 9.28. The van der Waals surface area contributed by atoms with Gasteiger partial charge in [-0.05, 0) is 13.2 Å². The summed E-state index contributed by atoms with van der Waals surface area (Å²) in [5.74, 6) is 0.902. The molecule has 0 saturated carbocycles. The van der Waals surface area contributed by atoms with Crippen LogP contribution in [0.5, 0.6) is 0 Å². The van der Waals surface area contributed by atoms with E-state index in [1.807, 2.05) is 13.2 Å². The molecular weight excluding hydrogens is 278 g/mol. The zero-order chi connectivity index (χ0) is 14.5. The Morgan fingerprint density at radius 1 is 1.45 bits per heavy atom. The summed E-state index contributed by atoms with van der Waals surface area (Å²) in [6.07, 6.45) is 6.88. The predicted molar refractivity (Wildman–Crippen MR) is 78.8 cm³/mol. The van der Waals surface area contributed by atoms with Gasteiger partial charge in [-0.15, -0.1) is 0 Å². The molecule has 2 rings (SSSR count). The first-order valence-corrected chi connectivity index (χ1v) is 7.33. The Bertz CT molecular complexity index is 544. The van der Waals surface area contributed by atoms with Crippen molar-refractivity contribution in [2.75, 3.05) is 23.9 Å². The SMILES string of the molecule is CSC(CO)C(C)Nc1nc(N)nc(-n2ccnc2)n1. The predicted octanol–water partition coefficient (Wildman–Crippen LogP) is 0.164. The van der Waals surface area contributed by atoms with E-state index >= 15 is 0 Å². The van der Waals surface area contributed by atoms with Gasteiger partial charge in [0.25, 0.3) is 0 Å². The Labute approximate surface area is 120 Å². The van der Waals surface area contributed by atoms with Crippen molar-refractivity contribution in [1.82, 2.24) is 24.5 Å². The average molecular weight is 295 g/mol. The fourth-order valence-corrected chi connectivity index (χ4v) is 2.30. The molecule has 0 aliphatic rings. The number of nitrogens with zero attached hydrogens (tertiary/aromatic N) is 5. The van der Waals surface area contributed by atoms with E-state index in [-0.39, 0.29) is 23.8 Å². The first kappa shape index (κ1) is 14.5. The molecule has 0 radical (unpaired) electrons. The van der Waals surface area contributed by atoms with E-state index in [4.69, 9.17) is 5.73 Å². The van der Waals surface area contributed by atoms with E-state index in [0.29, 0.717) is 11.9 Å². The maximum Gasteiger partial charge on any atom is 0.241 e.